The summed E-state index contributed by atoms with van der Waals surface area (Å²) in [5.41, 5.74) is 1.28. The minimum absolute atomic E-state index is 0.252. The standard InChI is InChI=1S/C12H12BrN3O2/c13-7-18-10-3-8-1-2-14-12(11(8)15-4-10)16-5-9(17)6-16/h1-4,9,17H,5-7H2. The molecule has 0 amide bonds. The second-order valence-electron chi connectivity index (χ2n) is 4.19. The second kappa shape index (κ2) is 4.70. The smallest absolute Gasteiger partial charge is 0.155 e. The third kappa shape index (κ3) is 2.02. The zero-order chi connectivity index (χ0) is 12.5. The van der Waals surface area contributed by atoms with Gasteiger partial charge in [-0.2, -0.15) is 0 Å². The number of alkyl halides is 1. The van der Waals surface area contributed by atoms with Crippen LogP contribution in [0.4, 0.5) is 5.82 Å². The highest BCUT2D eigenvalue weighted by Crippen LogP contribution is 2.28. The number of pyridine rings is 2. The van der Waals surface area contributed by atoms with E-state index < -0.39 is 0 Å². The van der Waals surface area contributed by atoms with E-state index in [1.807, 2.05) is 17.0 Å². The molecule has 94 valence electrons. The van der Waals surface area contributed by atoms with Crippen LogP contribution in [-0.4, -0.2) is 39.8 Å². The second-order valence-corrected chi connectivity index (χ2v) is 4.65. The monoisotopic (exact) mass is 309 g/mol. The molecule has 2 aromatic heterocycles. The molecule has 6 heteroatoms. The van der Waals surface area contributed by atoms with E-state index in [2.05, 4.69) is 25.9 Å². The topological polar surface area (TPSA) is 58.5 Å². The Balaban J connectivity index is 2.00. The van der Waals surface area contributed by atoms with Gasteiger partial charge in [0.1, 0.15) is 16.8 Å². The number of halogens is 1. The van der Waals surface area contributed by atoms with Crippen LogP contribution in [0.2, 0.25) is 0 Å². The predicted octanol–water partition coefficient (Wildman–Crippen LogP) is 1.54. The van der Waals surface area contributed by atoms with Gasteiger partial charge in [-0.15, -0.1) is 0 Å². The van der Waals surface area contributed by atoms with E-state index in [1.165, 1.54) is 0 Å². The summed E-state index contributed by atoms with van der Waals surface area (Å²) in [6.07, 6.45) is 3.19. The van der Waals surface area contributed by atoms with E-state index >= 15 is 0 Å². The average molecular weight is 310 g/mol. The number of rotatable bonds is 3. The summed E-state index contributed by atoms with van der Waals surface area (Å²) in [4.78, 5) is 10.8. The summed E-state index contributed by atoms with van der Waals surface area (Å²) < 4.78 is 5.35. The lowest BCUT2D eigenvalue weighted by Gasteiger charge is -2.37. The quantitative estimate of drug-likeness (QED) is 0.872. The molecule has 1 N–H and O–H groups in total. The molecule has 0 unspecified atom stereocenters. The molecule has 0 radical (unpaired) electrons. The van der Waals surface area contributed by atoms with Crippen LogP contribution >= 0.6 is 15.9 Å². The summed E-state index contributed by atoms with van der Waals surface area (Å²) in [6, 6.07) is 3.84. The summed E-state index contributed by atoms with van der Waals surface area (Å²) >= 11 is 3.22. The van der Waals surface area contributed by atoms with Crippen molar-refractivity contribution >= 4 is 32.7 Å². The van der Waals surface area contributed by atoms with Crippen molar-refractivity contribution in [3.63, 3.8) is 0 Å². The zero-order valence-electron chi connectivity index (χ0n) is 9.58. The van der Waals surface area contributed by atoms with Gasteiger partial charge >= 0.3 is 0 Å². The fourth-order valence-electron chi connectivity index (χ4n) is 2.03. The van der Waals surface area contributed by atoms with Gasteiger partial charge in [-0.1, -0.05) is 0 Å². The maximum atomic E-state index is 9.35. The maximum absolute atomic E-state index is 9.35. The summed E-state index contributed by atoms with van der Waals surface area (Å²) in [5.74, 6) is 1.54. The number of nitrogens with zero attached hydrogens (tertiary/aromatic N) is 3. The lowest BCUT2D eigenvalue weighted by Crippen LogP contribution is -2.51. The van der Waals surface area contributed by atoms with Crippen molar-refractivity contribution in [1.29, 1.82) is 0 Å². The third-order valence-electron chi connectivity index (χ3n) is 2.94. The average Bonchev–Trinajstić information content (AvgIpc) is 2.35. The van der Waals surface area contributed by atoms with E-state index in [0.717, 1.165) is 22.5 Å². The predicted molar refractivity (Wildman–Crippen MR) is 72.2 cm³/mol. The number of β-amino-alcohol motifs (C(OH)–C–C–N with tert-alkyl or cyclic N) is 1. The van der Waals surface area contributed by atoms with Crippen LogP contribution < -0.4 is 9.64 Å². The van der Waals surface area contributed by atoms with Gasteiger partial charge in [0.2, 0.25) is 0 Å². The van der Waals surface area contributed by atoms with Gasteiger partial charge in [-0.3, -0.25) is 0 Å². The molecule has 5 nitrogen and oxygen atoms in total. The van der Waals surface area contributed by atoms with Crippen molar-refractivity contribution in [2.24, 2.45) is 0 Å². The highest BCUT2D eigenvalue weighted by Gasteiger charge is 2.27. The summed E-state index contributed by atoms with van der Waals surface area (Å²) in [7, 11) is 0. The van der Waals surface area contributed by atoms with Crippen molar-refractivity contribution in [3.8, 4) is 5.75 Å². The van der Waals surface area contributed by atoms with Crippen LogP contribution in [0.15, 0.2) is 24.5 Å². The Labute approximate surface area is 113 Å². The van der Waals surface area contributed by atoms with E-state index in [1.54, 1.807) is 12.4 Å². The van der Waals surface area contributed by atoms with E-state index in [4.69, 9.17) is 4.74 Å². The minimum Gasteiger partial charge on any atom is -0.481 e. The van der Waals surface area contributed by atoms with Crippen molar-refractivity contribution in [1.82, 2.24) is 9.97 Å². The van der Waals surface area contributed by atoms with Crippen LogP contribution in [0.25, 0.3) is 10.9 Å². The molecule has 0 atom stereocenters. The summed E-state index contributed by atoms with van der Waals surface area (Å²) in [5, 5.41) is 10.3. The minimum atomic E-state index is -0.252. The number of aromatic nitrogens is 2. The lowest BCUT2D eigenvalue weighted by atomic mass is 10.1. The lowest BCUT2D eigenvalue weighted by molar-refractivity contribution is 0.141. The van der Waals surface area contributed by atoms with Crippen molar-refractivity contribution < 1.29 is 9.84 Å². The van der Waals surface area contributed by atoms with Crippen LogP contribution in [0, 0.1) is 0 Å². The molecule has 1 aliphatic heterocycles. The first-order valence-electron chi connectivity index (χ1n) is 5.64. The number of hydrogen-bond donors (Lipinski definition) is 1. The Hall–Kier alpha value is -1.40. The van der Waals surface area contributed by atoms with Gasteiger partial charge in [-0.05, 0) is 28.1 Å². The number of aliphatic hydroxyl groups is 1. The molecule has 1 saturated heterocycles. The third-order valence-corrected chi connectivity index (χ3v) is 3.17. The van der Waals surface area contributed by atoms with Gasteiger partial charge in [0.05, 0.1) is 12.3 Å². The van der Waals surface area contributed by atoms with E-state index in [-0.39, 0.29) is 6.10 Å². The molecule has 1 fully saturated rings. The van der Waals surface area contributed by atoms with Gasteiger partial charge in [0.15, 0.2) is 5.82 Å². The van der Waals surface area contributed by atoms with Crippen LogP contribution in [0.5, 0.6) is 5.75 Å². The Morgan fingerprint density at radius 3 is 3.00 bits per heavy atom. The number of aliphatic hydroxyl groups excluding tert-OH is 1. The molecule has 0 aromatic carbocycles. The Morgan fingerprint density at radius 2 is 2.28 bits per heavy atom. The van der Waals surface area contributed by atoms with Crippen molar-refractivity contribution in [2.45, 2.75) is 6.10 Å². The number of hydrogen-bond acceptors (Lipinski definition) is 5. The molecule has 0 bridgehead atoms. The Morgan fingerprint density at radius 1 is 1.44 bits per heavy atom. The fourth-order valence-corrected chi connectivity index (χ4v) is 2.29. The Kier molecular flexibility index (Phi) is 3.05. The first kappa shape index (κ1) is 11.7. The molecule has 0 saturated carbocycles. The molecule has 1 aliphatic rings. The van der Waals surface area contributed by atoms with Gasteiger partial charge < -0.3 is 14.7 Å². The normalized spacial score (nSPS) is 15.8. The zero-order valence-corrected chi connectivity index (χ0v) is 11.2. The number of anilines is 1. The van der Waals surface area contributed by atoms with Crippen LogP contribution in [0.3, 0.4) is 0 Å². The molecule has 18 heavy (non-hydrogen) atoms. The molecule has 2 aromatic rings. The van der Waals surface area contributed by atoms with Crippen LogP contribution in [-0.2, 0) is 0 Å². The van der Waals surface area contributed by atoms with Crippen molar-refractivity contribution in [3.05, 3.63) is 24.5 Å². The SMILES string of the molecule is OC1CN(c2nccc3cc(OCBr)cnc23)C1. The maximum Gasteiger partial charge on any atom is 0.155 e. The highest BCUT2D eigenvalue weighted by atomic mass is 79.9. The highest BCUT2D eigenvalue weighted by molar-refractivity contribution is 9.09. The first-order chi connectivity index (χ1) is 8.78. The van der Waals surface area contributed by atoms with Crippen LogP contribution in [0.1, 0.15) is 0 Å². The fraction of sp³-hybridized carbons (Fsp3) is 0.333. The molecular formula is C12H12BrN3O2. The number of fused-ring (bicyclic) bond motifs is 1. The summed E-state index contributed by atoms with van der Waals surface area (Å²) in [6.45, 7) is 1.24. The molecule has 3 rings (SSSR count). The molecule has 0 aliphatic carbocycles. The number of ether oxygens (including phenoxy) is 1. The Bertz CT molecular complexity index is 572. The first-order valence-corrected chi connectivity index (χ1v) is 6.76. The molecule has 0 spiro atoms. The van der Waals surface area contributed by atoms with E-state index in [9.17, 15) is 5.11 Å². The van der Waals surface area contributed by atoms with Crippen molar-refractivity contribution in [2.75, 3.05) is 23.5 Å². The van der Waals surface area contributed by atoms with Gasteiger partial charge in [0, 0.05) is 24.7 Å². The van der Waals surface area contributed by atoms with Gasteiger partial charge in [-0.25, -0.2) is 9.97 Å². The molecular weight excluding hydrogens is 298 g/mol. The largest absolute Gasteiger partial charge is 0.481 e. The van der Waals surface area contributed by atoms with E-state index in [0.29, 0.717) is 18.6 Å². The molecule has 3 heterocycles. The van der Waals surface area contributed by atoms with Gasteiger partial charge in [0.25, 0.3) is 0 Å².